The highest BCUT2D eigenvalue weighted by atomic mass is 16.3. The van der Waals surface area contributed by atoms with Gasteiger partial charge in [0, 0.05) is 12.5 Å². The van der Waals surface area contributed by atoms with E-state index < -0.39 is 0 Å². The molecule has 0 aliphatic heterocycles. The molecule has 2 rings (SSSR count). The highest BCUT2D eigenvalue weighted by molar-refractivity contribution is 5.82. The first kappa shape index (κ1) is 21.5. The summed E-state index contributed by atoms with van der Waals surface area (Å²) in [6.07, 6.45) is 18.1. The van der Waals surface area contributed by atoms with Crippen molar-refractivity contribution in [1.82, 2.24) is 0 Å². The fraction of sp³-hybridized carbons (Fsp3) is 0.625. The summed E-state index contributed by atoms with van der Waals surface area (Å²) >= 11 is 0. The first-order valence-corrected chi connectivity index (χ1v) is 11.0. The molecule has 150 valence electrons. The van der Waals surface area contributed by atoms with Crippen molar-refractivity contribution in [3.05, 3.63) is 40.2 Å². The minimum Gasteiger partial charge on any atom is -0.507 e. The second-order valence-electron chi connectivity index (χ2n) is 7.72. The van der Waals surface area contributed by atoms with Crippen LogP contribution in [0.2, 0.25) is 0 Å². The van der Waals surface area contributed by atoms with Crippen molar-refractivity contribution in [3.8, 4) is 5.75 Å². The van der Waals surface area contributed by atoms with Gasteiger partial charge in [-0.1, -0.05) is 90.0 Å². The van der Waals surface area contributed by atoms with Crippen molar-refractivity contribution in [2.24, 2.45) is 0 Å². The highest BCUT2D eigenvalue weighted by Crippen LogP contribution is 2.22. The van der Waals surface area contributed by atoms with Gasteiger partial charge in [0.1, 0.15) is 22.5 Å². The molecule has 0 fully saturated rings. The lowest BCUT2D eigenvalue weighted by atomic mass is 10.0. The minimum absolute atomic E-state index is 0.00578. The Morgan fingerprint density at radius 2 is 1.37 bits per heavy atom. The monoisotopic (exact) mass is 372 g/mol. The van der Waals surface area contributed by atoms with E-state index >= 15 is 0 Å². The summed E-state index contributed by atoms with van der Waals surface area (Å²) in [5.74, 6) is 0.718. The normalized spacial score (nSPS) is 11.3. The number of hydrogen-bond acceptors (Lipinski definition) is 3. The zero-order valence-electron chi connectivity index (χ0n) is 17.0. The van der Waals surface area contributed by atoms with E-state index in [0.717, 1.165) is 18.6 Å². The number of phenols is 1. The Hall–Kier alpha value is -1.77. The number of hydrogen-bond donors (Lipinski definition) is 1. The fourth-order valence-electron chi connectivity index (χ4n) is 3.68. The van der Waals surface area contributed by atoms with Gasteiger partial charge in [-0.05, 0) is 18.6 Å². The molecular formula is C24H36O3. The van der Waals surface area contributed by atoms with Crippen LogP contribution in [0.25, 0.3) is 11.0 Å². The Balaban J connectivity index is 1.54. The van der Waals surface area contributed by atoms with E-state index in [1.165, 1.54) is 89.2 Å². The molecule has 1 aromatic carbocycles. The van der Waals surface area contributed by atoms with E-state index in [1.54, 1.807) is 12.1 Å². The molecule has 0 unspecified atom stereocenters. The zero-order chi connectivity index (χ0) is 19.3. The first-order valence-electron chi connectivity index (χ1n) is 11.0. The van der Waals surface area contributed by atoms with E-state index in [2.05, 4.69) is 6.92 Å². The van der Waals surface area contributed by atoms with Gasteiger partial charge in [-0.25, -0.2) is 0 Å². The molecule has 1 heterocycles. The lowest BCUT2D eigenvalue weighted by Gasteiger charge is -2.05. The van der Waals surface area contributed by atoms with E-state index in [-0.39, 0.29) is 16.6 Å². The lowest BCUT2D eigenvalue weighted by Crippen LogP contribution is -2.02. The Labute approximate surface area is 163 Å². The lowest BCUT2D eigenvalue weighted by molar-refractivity contribution is 0.476. The Bertz CT molecular complexity index is 717. The fourth-order valence-corrected chi connectivity index (χ4v) is 3.68. The van der Waals surface area contributed by atoms with E-state index in [0.29, 0.717) is 5.58 Å². The molecule has 0 aliphatic carbocycles. The molecule has 0 spiro atoms. The molecule has 0 radical (unpaired) electrons. The van der Waals surface area contributed by atoms with Gasteiger partial charge in [0.15, 0.2) is 5.43 Å². The number of aryl methyl sites for hydroxylation is 1. The Morgan fingerprint density at radius 1 is 0.815 bits per heavy atom. The quantitative estimate of drug-likeness (QED) is 0.359. The first-order chi connectivity index (χ1) is 13.2. The average molecular weight is 373 g/mol. The second kappa shape index (κ2) is 12.6. The van der Waals surface area contributed by atoms with Gasteiger partial charge in [-0.3, -0.25) is 4.79 Å². The maximum Gasteiger partial charge on any atom is 0.196 e. The third-order valence-corrected chi connectivity index (χ3v) is 5.31. The standard InChI is InChI=1S/C24H36O3/c1-2-3-4-5-6-7-8-9-10-11-12-13-14-16-20-19-22(26)24-21(25)17-15-18-23(24)27-20/h15,17-19,25H,2-14,16H2,1H3. The minimum atomic E-state index is -0.154. The number of benzene rings is 1. The van der Waals surface area contributed by atoms with E-state index in [4.69, 9.17) is 4.42 Å². The summed E-state index contributed by atoms with van der Waals surface area (Å²) < 4.78 is 5.77. The van der Waals surface area contributed by atoms with Crippen molar-refractivity contribution >= 4 is 11.0 Å². The second-order valence-corrected chi connectivity index (χ2v) is 7.72. The summed E-state index contributed by atoms with van der Waals surface area (Å²) in [4.78, 5) is 12.1. The van der Waals surface area contributed by atoms with Crippen LogP contribution < -0.4 is 5.43 Å². The van der Waals surface area contributed by atoms with Crippen LogP contribution in [0.1, 0.15) is 96.2 Å². The van der Waals surface area contributed by atoms with Crippen molar-refractivity contribution in [3.63, 3.8) is 0 Å². The summed E-state index contributed by atoms with van der Waals surface area (Å²) in [5, 5.41) is 10.1. The smallest absolute Gasteiger partial charge is 0.196 e. The molecule has 1 N–H and O–H groups in total. The zero-order valence-corrected chi connectivity index (χ0v) is 17.0. The van der Waals surface area contributed by atoms with Crippen LogP contribution in [-0.4, -0.2) is 5.11 Å². The molecule has 0 saturated heterocycles. The molecule has 0 saturated carbocycles. The van der Waals surface area contributed by atoms with Crippen LogP contribution in [0, 0.1) is 0 Å². The van der Waals surface area contributed by atoms with Crippen LogP contribution in [0.4, 0.5) is 0 Å². The molecular weight excluding hydrogens is 336 g/mol. The molecule has 0 aliphatic rings. The molecule has 0 atom stereocenters. The van der Waals surface area contributed by atoms with E-state index in [1.807, 2.05) is 0 Å². The van der Waals surface area contributed by atoms with Crippen LogP contribution in [0.15, 0.2) is 33.5 Å². The third kappa shape index (κ3) is 7.78. The third-order valence-electron chi connectivity index (χ3n) is 5.31. The van der Waals surface area contributed by atoms with Gasteiger partial charge in [0.25, 0.3) is 0 Å². The van der Waals surface area contributed by atoms with Gasteiger partial charge in [-0.2, -0.15) is 0 Å². The number of phenolic OH excluding ortho intramolecular Hbond substituents is 1. The summed E-state index contributed by atoms with van der Waals surface area (Å²) in [6, 6.07) is 6.49. The number of fused-ring (bicyclic) bond motifs is 1. The van der Waals surface area contributed by atoms with Crippen LogP contribution in [0.5, 0.6) is 5.75 Å². The highest BCUT2D eigenvalue weighted by Gasteiger charge is 2.08. The molecule has 3 heteroatoms. The maximum absolute atomic E-state index is 12.1. The number of unbranched alkanes of at least 4 members (excludes halogenated alkanes) is 12. The summed E-state index contributed by atoms with van der Waals surface area (Å²) in [7, 11) is 0. The summed E-state index contributed by atoms with van der Waals surface area (Å²) in [5.41, 5.74) is 0.325. The largest absolute Gasteiger partial charge is 0.507 e. The number of aromatic hydroxyl groups is 1. The van der Waals surface area contributed by atoms with Crippen molar-refractivity contribution < 1.29 is 9.52 Å². The molecule has 3 nitrogen and oxygen atoms in total. The number of rotatable bonds is 14. The molecule has 2 aromatic rings. The van der Waals surface area contributed by atoms with E-state index in [9.17, 15) is 9.90 Å². The molecule has 1 aromatic heterocycles. The topological polar surface area (TPSA) is 50.4 Å². The van der Waals surface area contributed by atoms with Gasteiger partial charge < -0.3 is 9.52 Å². The van der Waals surface area contributed by atoms with Crippen LogP contribution in [0.3, 0.4) is 0 Å². The van der Waals surface area contributed by atoms with Crippen LogP contribution >= 0.6 is 0 Å². The molecule has 27 heavy (non-hydrogen) atoms. The maximum atomic E-state index is 12.1. The van der Waals surface area contributed by atoms with Gasteiger partial charge in [0.2, 0.25) is 0 Å². The molecule has 0 amide bonds. The van der Waals surface area contributed by atoms with Gasteiger partial charge in [-0.15, -0.1) is 0 Å². The van der Waals surface area contributed by atoms with Gasteiger partial charge in [0.05, 0.1) is 0 Å². The summed E-state index contributed by atoms with van der Waals surface area (Å²) in [6.45, 7) is 2.27. The van der Waals surface area contributed by atoms with Crippen molar-refractivity contribution in [2.75, 3.05) is 0 Å². The Morgan fingerprint density at radius 3 is 1.96 bits per heavy atom. The SMILES string of the molecule is CCCCCCCCCCCCCCCc1cc(=O)c2c(O)cccc2o1. The predicted molar refractivity (Wildman–Crippen MR) is 114 cm³/mol. The van der Waals surface area contributed by atoms with Crippen molar-refractivity contribution in [2.45, 2.75) is 96.8 Å². The van der Waals surface area contributed by atoms with Crippen molar-refractivity contribution in [1.29, 1.82) is 0 Å². The van der Waals surface area contributed by atoms with Crippen LogP contribution in [-0.2, 0) is 6.42 Å². The predicted octanol–water partition coefficient (Wildman–Crippen LogP) is 7.13. The molecule has 0 bridgehead atoms. The Kier molecular flexibility index (Phi) is 10.0. The average Bonchev–Trinajstić information content (AvgIpc) is 2.65. The van der Waals surface area contributed by atoms with Gasteiger partial charge >= 0.3 is 0 Å².